The normalized spacial score (nSPS) is 23.9. The van der Waals surface area contributed by atoms with Crippen LogP contribution in [0.15, 0.2) is 23.1 Å². The second-order valence-corrected chi connectivity index (χ2v) is 7.98. The summed E-state index contributed by atoms with van der Waals surface area (Å²) in [7, 11) is -4.06. The van der Waals surface area contributed by atoms with Crippen molar-refractivity contribution < 1.29 is 21.6 Å². The smallest absolute Gasteiger partial charge is 0.329 e. The number of hydrogen-bond donors (Lipinski definition) is 1. The average Bonchev–Trinajstić information content (AvgIpc) is 2.46. The minimum Gasteiger partial charge on any atom is -0.329 e. The maximum atomic E-state index is 13.0. The zero-order chi connectivity index (χ0) is 17.4. The molecule has 1 saturated heterocycles. The van der Waals surface area contributed by atoms with E-state index in [1.807, 2.05) is 6.92 Å². The fourth-order valence-corrected chi connectivity index (χ4v) is 4.90. The van der Waals surface area contributed by atoms with Crippen molar-refractivity contribution in [3.8, 4) is 0 Å². The molecule has 0 spiro atoms. The number of benzene rings is 1. The van der Waals surface area contributed by atoms with Gasteiger partial charge in [-0.25, -0.2) is 8.42 Å². The summed E-state index contributed by atoms with van der Waals surface area (Å²) in [5.74, 6) is 0.0536. The van der Waals surface area contributed by atoms with Crippen molar-refractivity contribution in [3.63, 3.8) is 0 Å². The number of piperidine rings is 1. The summed E-state index contributed by atoms with van der Waals surface area (Å²) in [4.78, 5) is -0.415. The van der Waals surface area contributed by atoms with Crippen LogP contribution in [0.5, 0.6) is 0 Å². The molecule has 2 unspecified atom stereocenters. The molecule has 2 N–H and O–H groups in total. The molecule has 2 atom stereocenters. The van der Waals surface area contributed by atoms with Crippen LogP contribution in [0, 0.1) is 5.92 Å². The molecule has 0 amide bonds. The molecule has 0 aliphatic carbocycles. The standard InChI is InChI=1S/C14H18ClF3N2O2S/c1-9-3-2-6-20(13(9)8-19)23(21,22)10-4-5-12(15)11(7-10)14(16,17)18/h4-5,7,9,13H,2-3,6,8,19H2,1H3. The van der Waals surface area contributed by atoms with Crippen molar-refractivity contribution in [2.24, 2.45) is 11.7 Å². The van der Waals surface area contributed by atoms with Crippen molar-refractivity contribution in [1.82, 2.24) is 4.31 Å². The predicted octanol–water partition coefficient (Wildman–Crippen LogP) is 3.11. The second-order valence-electron chi connectivity index (χ2n) is 5.68. The zero-order valence-corrected chi connectivity index (χ0v) is 14.0. The SMILES string of the molecule is CC1CCCN(S(=O)(=O)c2ccc(Cl)c(C(F)(F)F)c2)C1CN. The van der Waals surface area contributed by atoms with Crippen molar-refractivity contribution in [1.29, 1.82) is 0 Å². The molecule has 1 aromatic rings. The van der Waals surface area contributed by atoms with Gasteiger partial charge in [-0.1, -0.05) is 18.5 Å². The van der Waals surface area contributed by atoms with Gasteiger partial charge in [0.05, 0.1) is 15.5 Å². The Hall–Kier alpha value is -0.830. The quantitative estimate of drug-likeness (QED) is 0.889. The van der Waals surface area contributed by atoms with Crippen molar-refractivity contribution >= 4 is 21.6 Å². The van der Waals surface area contributed by atoms with Gasteiger partial charge in [-0.3, -0.25) is 0 Å². The van der Waals surface area contributed by atoms with Gasteiger partial charge in [0.25, 0.3) is 0 Å². The van der Waals surface area contributed by atoms with Gasteiger partial charge >= 0.3 is 6.18 Å². The van der Waals surface area contributed by atoms with Crippen LogP contribution in [0.3, 0.4) is 0 Å². The summed E-state index contributed by atoms with van der Waals surface area (Å²) >= 11 is 5.55. The lowest BCUT2D eigenvalue weighted by atomic mass is 9.93. The topological polar surface area (TPSA) is 63.4 Å². The summed E-state index contributed by atoms with van der Waals surface area (Å²) in [6, 6.07) is 2.23. The van der Waals surface area contributed by atoms with E-state index < -0.39 is 37.7 Å². The number of alkyl halides is 3. The van der Waals surface area contributed by atoms with E-state index in [0.29, 0.717) is 12.5 Å². The molecular weight excluding hydrogens is 353 g/mol. The summed E-state index contributed by atoms with van der Waals surface area (Å²) in [6.45, 7) is 2.26. The van der Waals surface area contributed by atoms with Crippen LogP contribution in [0.4, 0.5) is 13.2 Å². The first-order chi connectivity index (χ1) is 10.6. The minimum atomic E-state index is -4.72. The van der Waals surface area contributed by atoms with E-state index in [1.54, 1.807) is 0 Å². The fraction of sp³-hybridized carbons (Fsp3) is 0.571. The van der Waals surface area contributed by atoms with E-state index in [1.165, 1.54) is 4.31 Å². The first-order valence-electron chi connectivity index (χ1n) is 7.17. The highest BCUT2D eigenvalue weighted by Crippen LogP contribution is 2.37. The Morgan fingerprint density at radius 3 is 2.61 bits per heavy atom. The molecule has 0 radical (unpaired) electrons. The van der Waals surface area contributed by atoms with Crippen LogP contribution < -0.4 is 5.73 Å². The maximum Gasteiger partial charge on any atom is 0.417 e. The van der Waals surface area contributed by atoms with Gasteiger partial charge in [0.1, 0.15) is 0 Å². The number of rotatable bonds is 3. The van der Waals surface area contributed by atoms with Crippen molar-refractivity contribution in [3.05, 3.63) is 28.8 Å². The summed E-state index contributed by atoms with van der Waals surface area (Å²) in [5.41, 5.74) is 4.52. The molecule has 1 aromatic carbocycles. The van der Waals surface area contributed by atoms with Gasteiger partial charge in [0, 0.05) is 19.1 Å². The molecule has 130 valence electrons. The Kier molecular flexibility index (Phi) is 5.30. The van der Waals surface area contributed by atoms with E-state index in [9.17, 15) is 21.6 Å². The third kappa shape index (κ3) is 3.65. The number of hydrogen-bond acceptors (Lipinski definition) is 3. The highest BCUT2D eigenvalue weighted by Gasteiger charge is 2.39. The van der Waals surface area contributed by atoms with Gasteiger partial charge in [-0.05, 0) is 37.0 Å². The van der Waals surface area contributed by atoms with Crippen LogP contribution >= 0.6 is 11.6 Å². The van der Waals surface area contributed by atoms with Crippen LogP contribution in [0.25, 0.3) is 0 Å². The van der Waals surface area contributed by atoms with E-state index in [0.717, 1.165) is 18.6 Å². The average molecular weight is 371 g/mol. The largest absolute Gasteiger partial charge is 0.417 e. The molecule has 23 heavy (non-hydrogen) atoms. The lowest BCUT2D eigenvalue weighted by Gasteiger charge is -2.38. The molecular formula is C14H18ClF3N2O2S. The van der Waals surface area contributed by atoms with Gasteiger partial charge < -0.3 is 5.73 Å². The Morgan fingerprint density at radius 2 is 2.04 bits per heavy atom. The lowest BCUT2D eigenvalue weighted by Crippen LogP contribution is -2.51. The molecule has 1 fully saturated rings. The number of nitrogens with two attached hydrogens (primary N) is 1. The first kappa shape index (κ1) is 18.5. The Morgan fingerprint density at radius 1 is 1.39 bits per heavy atom. The van der Waals surface area contributed by atoms with Gasteiger partial charge in [-0.2, -0.15) is 17.5 Å². The number of nitrogens with zero attached hydrogens (tertiary/aromatic N) is 1. The van der Waals surface area contributed by atoms with Gasteiger partial charge in [0.2, 0.25) is 10.0 Å². The summed E-state index contributed by atoms with van der Waals surface area (Å²) in [5, 5.41) is -0.529. The molecule has 4 nitrogen and oxygen atoms in total. The van der Waals surface area contributed by atoms with E-state index >= 15 is 0 Å². The van der Waals surface area contributed by atoms with Gasteiger partial charge in [0.15, 0.2) is 0 Å². The summed E-state index contributed by atoms with van der Waals surface area (Å²) in [6.07, 6.45) is -3.23. The van der Waals surface area contributed by atoms with Crippen molar-refractivity contribution in [2.75, 3.05) is 13.1 Å². The van der Waals surface area contributed by atoms with Crippen LogP contribution in [-0.2, 0) is 16.2 Å². The molecule has 0 saturated carbocycles. The molecule has 0 aromatic heterocycles. The molecule has 0 bridgehead atoms. The minimum absolute atomic E-state index is 0.0536. The molecule has 9 heteroatoms. The highest BCUT2D eigenvalue weighted by atomic mass is 35.5. The van der Waals surface area contributed by atoms with E-state index in [2.05, 4.69) is 0 Å². The maximum absolute atomic E-state index is 13.0. The van der Waals surface area contributed by atoms with E-state index in [4.69, 9.17) is 17.3 Å². The highest BCUT2D eigenvalue weighted by molar-refractivity contribution is 7.89. The third-order valence-corrected chi connectivity index (χ3v) is 6.41. The molecule has 1 aliphatic heterocycles. The van der Waals surface area contributed by atoms with Gasteiger partial charge in [-0.15, -0.1) is 0 Å². The summed E-state index contributed by atoms with van der Waals surface area (Å²) < 4.78 is 65.6. The Balaban J connectivity index is 2.47. The number of sulfonamides is 1. The Bertz CT molecular complexity index is 679. The molecule has 2 rings (SSSR count). The monoisotopic (exact) mass is 370 g/mol. The fourth-order valence-electron chi connectivity index (χ4n) is 2.88. The second kappa shape index (κ2) is 6.58. The van der Waals surface area contributed by atoms with E-state index in [-0.39, 0.29) is 19.0 Å². The van der Waals surface area contributed by atoms with Crippen molar-refractivity contribution in [2.45, 2.75) is 36.9 Å². The third-order valence-electron chi connectivity index (χ3n) is 4.16. The van der Waals surface area contributed by atoms with Crippen LogP contribution in [-0.4, -0.2) is 31.9 Å². The first-order valence-corrected chi connectivity index (χ1v) is 8.99. The molecule has 1 aliphatic rings. The van der Waals surface area contributed by atoms with Crippen LogP contribution in [0.1, 0.15) is 25.3 Å². The lowest BCUT2D eigenvalue weighted by molar-refractivity contribution is -0.137. The van der Waals surface area contributed by atoms with Crippen LogP contribution in [0.2, 0.25) is 5.02 Å². The Labute approximate surface area is 138 Å². The zero-order valence-electron chi connectivity index (χ0n) is 12.5. The number of halogens is 4. The molecule has 1 heterocycles. The predicted molar refractivity (Wildman–Crippen MR) is 81.6 cm³/mol.